The monoisotopic (exact) mass is 551 g/mol. The van der Waals surface area contributed by atoms with Crippen LogP contribution in [0.2, 0.25) is 0 Å². The first kappa shape index (κ1) is 27.0. The second-order valence-corrected chi connectivity index (χ2v) is 11.8. The maximum atomic E-state index is 14.0. The minimum absolute atomic E-state index is 0.0958. The van der Waals surface area contributed by atoms with Gasteiger partial charge in [-0.1, -0.05) is 37.1 Å². The van der Waals surface area contributed by atoms with Gasteiger partial charge >= 0.3 is 0 Å². The van der Waals surface area contributed by atoms with Crippen molar-refractivity contribution in [2.45, 2.75) is 42.9 Å². The second kappa shape index (κ2) is 11.7. The largest absolute Gasteiger partial charge is 0.495 e. The summed E-state index contributed by atoms with van der Waals surface area (Å²) in [4.78, 5) is 17.4. The molecular formula is C30H34FN3O4S. The number of carbonyl (C=O) groups is 1. The molecule has 3 aromatic rings. The Bertz CT molecular complexity index is 1440. The summed E-state index contributed by atoms with van der Waals surface area (Å²) in [7, 11) is -2.39. The Kier molecular flexibility index (Phi) is 8.07. The lowest BCUT2D eigenvalue weighted by Gasteiger charge is -2.26. The highest BCUT2D eigenvalue weighted by atomic mass is 32.2. The minimum Gasteiger partial charge on any atom is -0.495 e. The topological polar surface area (TPSA) is 79.0 Å². The number of halogens is 1. The predicted octanol–water partition coefficient (Wildman–Crippen LogP) is 5.65. The Morgan fingerprint density at radius 2 is 1.72 bits per heavy atom. The first-order valence-corrected chi connectivity index (χ1v) is 14.9. The van der Waals surface area contributed by atoms with Gasteiger partial charge in [-0.3, -0.25) is 9.52 Å². The van der Waals surface area contributed by atoms with E-state index in [1.54, 1.807) is 24.1 Å². The third-order valence-electron chi connectivity index (χ3n) is 7.66. The second-order valence-electron chi connectivity index (χ2n) is 10.2. The van der Waals surface area contributed by atoms with E-state index >= 15 is 0 Å². The van der Waals surface area contributed by atoms with Gasteiger partial charge in [0, 0.05) is 31.7 Å². The van der Waals surface area contributed by atoms with Crippen LogP contribution >= 0.6 is 0 Å². The van der Waals surface area contributed by atoms with Gasteiger partial charge in [0.25, 0.3) is 15.9 Å². The summed E-state index contributed by atoms with van der Waals surface area (Å²) in [5.41, 5.74) is 2.54. The summed E-state index contributed by atoms with van der Waals surface area (Å²) < 4.78 is 47.8. The molecule has 1 aliphatic heterocycles. The molecule has 9 heteroatoms. The average molecular weight is 552 g/mol. The maximum Gasteiger partial charge on any atom is 0.262 e. The Morgan fingerprint density at radius 3 is 2.49 bits per heavy atom. The van der Waals surface area contributed by atoms with Crippen molar-refractivity contribution in [2.75, 3.05) is 42.9 Å². The summed E-state index contributed by atoms with van der Waals surface area (Å²) in [6.07, 6.45) is 5.76. The van der Waals surface area contributed by atoms with Crippen LogP contribution in [0.15, 0.2) is 71.6 Å². The first-order valence-electron chi connectivity index (χ1n) is 13.5. The number of hydrogen-bond acceptors (Lipinski definition) is 5. The molecule has 2 aliphatic rings. The van der Waals surface area contributed by atoms with Gasteiger partial charge in [0.05, 0.1) is 23.4 Å². The number of nitrogens with one attached hydrogen (secondary N) is 1. The fourth-order valence-electron chi connectivity index (χ4n) is 5.56. The van der Waals surface area contributed by atoms with Gasteiger partial charge < -0.3 is 14.5 Å². The van der Waals surface area contributed by atoms with E-state index in [0.717, 1.165) is 24.4 Å². The van der Waals surface area contributed by atoms with Crippen LogP contribution in [0.3, 0.4) is 0 Å². The fraction of sp³-hybridized carbons (Fsp3) is 0.367. The number of para-hydroxylation sites is 1. The van der Waals surface area contributed by atoms with Crippen LogP contribution in [-0.2, 0) is 10.0 Å². The quantitative estimate of drug-likeness (QED) is 0.411. The Labute approximate surface area is 229 Å². The van der Waals surface area contributed by atoms with Crippen LogP contribution in [-0.4, -0.2) is 52.5 Å². The lowest BCUT2D eigenvalue weighted by atomic mass is 9.96. The highest BCUT2D eigenvalue weighted by molar-refractivity contribution is 7.92. The summed E-state index contributed by atoms with van der Waals surface area (Å²) in [6, 6.07) is 17.9. The molecule has 0 spiro atoms. The molecular weight excluding hydrogens is 517 g/mol. The van der Waals surface area contributed by atoms with Crippen molar-refractivity contribution in [1.29, 1.82) is 0 Å². The molecule has 1 saturated heterocycles. The van der Waals surface area contributed by atoms with Gasteiger partial charge in [0.15, 0.2) is 0 Å². The number of nitrogens with zero attached hydrogens (tertiary/aromatic N) is 2. The van der Waals surface area contributed by atoms with Gasteiger partial charge in [0.1, 0.15) is 11.6 Å². The van der Waals surface area contributed by atoms with E-state index in [1.165, 1.54) is 67.6 Å². The number of carbonyl (C=O) groups excluding carboxylic acids is 1. The van der Waals surface area contributed by atoms with Crippen LogP contribution < -0.4 is 14.4 Å². The number of amides is 1. The molecule has 2 fully saturated rings. The predicted molar refractivity (Wildman–Crippen MR) is 151 cm³/mol. The standard InChI is InChI=1S/C30H34FN3O4S/c1-38-29-15-14-23(22-8-2-3-9-22)21-28(29)33-16-7-17-34(19-18-33)30(35)24-10-6-11-25(20-24)39(36,37)32-27-13-5-4-12-26(27)31/h4-6,10-15,20-22,32H,2-3,7-9,16-19H2,1H3. The molecule has 1 heterocycles. The molecule has 3 aromatic carbocycles. The van der Waals surface area contributed by atoms with Crippen LogP contribution in [0.4, 0.5) is 15.8 Å². The van der Waals surface area contributed by atoms with Crippen molar-refractivity contribution in [2.24, 2.45) is 0 Å². The normalized spacial score (nSPS) is 16.7. The molecule has 1 amide bonds. The number of anilines is 2. The molecule has 0 radical (unpaired) electrons. The van der Waals surface area contributed by atoms with E-state index in [2.05, 4.69) is 27.8 Å². The number of ether oxygens (including phenoxy) is 1. The molecule has 0 atom stereocenters. The third kappa shape index (κ3) is 6.03. The lowest BCUT2D eigenvalue weighted by Crippen LogP contribution is -2.35. The number of rotatable bonds is 7. The molecule has 0 aromatic heterocycles. The van der Waals surface area contributed by atoms with Crippen molar-refractivity contribution < 1.29 is 22.3 Å². The van der Waals surface area contributed by atoms with Crippen LogP contribution in [0.1, 0.15) is 53.9 Å². The van der Waals surface area contributed by atoms with Crippen molar-refractivity contribution in [1.82, 2.24) is 4.90 Å². The Balaban J connectivity index is 1.30. The van der Waals surface area contributed by atoms with E-state index in [9.17, 15) is 17.6 Å². The maximum absolute atomic E-state index is 14.0. The van der Waals surface area contributed by atoms with E-state index in [-0.39, 0.29) is 22.1 Å². The molecule has 39 heavy (non-hydrogen) atoms. The molecule has 0 bridgehead atoms. The minimum atomic E-state index is -4.08. The molecule has 0 unspecified atom stereocenters. The zero-order chi connectivity index (χ0) is 27.4. The van der Waals surface area contributed by atoms with E-state index < -0.39 is 15.8 Å². The Hall–Kier alpha value is -3.59. The van der Waals surface area contributed by atoms with E-state index in [0.29, 0.717) is 25.6 Å². The number of sulfonamides is 1. The zero-order valence-electron chi connectivity index (χ0n) is 22.1. The number of benzene rings is 3. The summed E-state index contributed by atoms with van der Waals surface area (Å²) in [5, 5.41) is 0. The SMILES string of the molecule is COc1ccc(C2CCCC2)cc1N1CCCN(C(=O)c2cccc(S(=O)(=O)Nc3ccccc3F)c2)CC1. The van der Waals surface area contributed by atoms with E-state index in [4.69, 9.17) is 4.74 Å². The van der Waals surface area contributed by atoms with Crippen molar-refractivity contribution in [3.05, 3.63) is 83.7 Å². The van der Waals surface area contributed by atoms with Gasteiger partial charge in [-0.25, -0.2) is 12.8 Å². The molecule has 206 valence electrons. The van der Waals surface area contributed by atoms with Crippen molar-refractivity contribution in [3.8, 4) is 5.75 Å². The zero-order valence-corrected chi connectivity index (χ0v) is 22.9. The van der Waals surface area contributed by atoms with Gasteiger partial charge in [-0.15, -0.1) is 0 Å². The van der Waals surface area contributed by atoms with Crippen LogP contribution in [0.5, 0.6) is 5.75 Å². The smallest absolute Gasteiger partial charge is 0.262 e. The highest BCUT2D eigenvalue weighted by Crippen LogP contribution is 2.39. The first-order chi connectivity index (χ1) is 18.9. The summed E-state index contributed by atoms with van der Waals surface area (Å²) in [5.74, 6) is 0.521. The van der Waals surface area contributed by atoms with Gasteiger partial charge in [-0.05, 0) is 73.2 Å². The fourth-order valence-corrected chi connectivity index (χ4v) is 6.67. The van der Waals surface area contributed by atoms with Gasteiger partial charge in [-0.2, -0.15) is 0 Å². The van der Waals surface area contributed by atoms with Gasteiger partial charge in [0.2, 0.25) is 0 Å². The third-order valence-corrected chi connectivity index (χ3v) is 9.03. The molecule has 1 N–H and O–H groups in total. The Morgan fingerprint density at radius 1 is 0.923 bits per heavy atom. The average Bonchev–Trinajstić information content (AvgIpc) is 3.38. The number of hydrogen-bond donors (Lipinski definition) is 1. The van der Waals surface area contributed by atoms with E-state index in [1.807, 2.05) is 0 Å². The molecule has 7 nitrogen and oxygen atoms in total. The summed E-state index contributed by atoms with van der Waals surface area (Å²) >= 11 is 0. The molecule has 1 aliphatic carbocycles. The highest BCUT2D eigenvalue weighted by Gasteiger charge is 2.25. The van der Waals surface area contributed by atoms with Crippen LogP contribution in [0, 0.1) is 5.82 Å². The van der Waals surface area contributed by atoms with Crippen molar-refractivity contribution in [3.63, 3.8) is 0 Å². The van der Waals surface area contributed by atoms with Crippen molar-refractivity contribution >= 4 is 27.3 Å². The lowest BCUT2D eigenvalue weighted by molar-refractivity contribution is 0.0766. The molecule has 1 saturated carbocycles. The van der Waals surface area contributed by atoms with Crippen LogP contribution in [0.25, 0.3) is 0 Å². The molecule has 5 rings (SSSR count). The summed E-state index contributed by atoms with van der Waals surface area (Å²) in [6.45, 7) is 2.49. The number of methoxy groups -OCH3 is 1.